The van der Waals surface area contributed by atoms with Crippen LogP contribution in [-0.4, -0.2) is 55.6 Å². The topological polar surface area (TPSA) is 75.7 Å². The molecule has 40 heavy (non-hydrogen) atoms. The van der Waals surface area contributed by atoms with Gasteiger partial charge in [-0.2, -0.15) is 0 Å². The lowest BCUT2D eigenvalue weighted by Gasteiger charge is -2.41. The second kappa shape index (κ2) is 10.8. The van der Waals surface area contributed by atoms with E-state index >= 15 is 0 Å². The molecule has 0 N–H and O–H groups in total. The summed E-state index contributed by atoms with van der Waals surface area (Å²) in [5.74, 6) is 1.23. The van der Waals surface area contributed by atoms with Gasteiger partial charge in [0, 0.05) is 49.2 Å². The number of amides is 1. The molecule has 1 saturated heterocycles. The van der Waals surface area contributed by atoms with Gasteiger partial charge in [-0.25, -0.2) is 0 Å². The molecule has 5 aromatic rings. The van der Waals surface area contributed by atoms with Crippen LogP contribution >= 0.6 is 11.6 Å². The summed E-state index contributed by atoms with van der Waals surface area (Å²) >= 11 is 6.06. The zero-order chi connectivity index (χ0) is 27.8. The highest BCUT2D eigenvalue weighted by atomic mass is 35.5. The smallest absolute Gasteiger partial charge is 0.263 e. The summed E-state index contributed by atoms with van der Waals surface area (Å²) in [7, 11) is 0. The van der Waals surface area contributed by atoms with Crippen LogP contribution in [0.5, 0.6) is 0 Å². The first kappa shape index (κ1) is 26.1. The molecule has 204 valence electrons. The SMILES string of the molecule is Cc1cccc(N2CCN(C(=O)CCc3nnc4n(Cc5ccc(Cl)cc5)c(=O)c5ccccc5n34)CC2C)c1. The van der Waals surface area contributed by atoms with Crippen LogP contribution in [0.1, 0.15) is 30.3 Å². The number of carbonyl (C=O) groups is 1. The van der Waals surface area contributed by atoms with Crippen LogP contribution in [0.15, 0.2) is 77.6 Å². The van der Waals surface area contributed by atoms with Crippen molar-refractivity contribution < 1.29 is 4.79 Å². The Balaban J connectivity index is 1.23. The minimum Gasteiger partial charge on any atom is -0.365 e. The number of piperazine rings is 1. The van der Waals surface area contributed by atoms with E-state index in [1.54, 1.807) is 4.57 Å². The number of hydrogen-bond donors (Lipinski definition) is 0. The van der Waals surface area contributed by atoms with E-state index in [1.807, 2.05) is 57.8 Å². The van der Waals surface area contributed by atoms with Crippen LogP contribution < -0.4 is 10.5 Å². The van der Waals surface area contributed by atoms with Crippen molar-refractivity contribution >= 4 is 39.9 Å². The van der Waals surface area contributed by atoms with Gasteiger partial charge in [0.15, 0.2) is 0 Å². The molecule has 1 aliphatic rings. The maximum atomic E-state index is 13.5. The molecule has 1 amide bonds. The Morgan fingerprint density at radius 2 is 1.80 bits per heavy atom. The van der Waals surface area contributed by atoms with Gasteiger partial charge in [0.2, 0.25) is 11.7 Å². The number of aromatic nitrogens is 4. The molecule has 2 aromatic heterocycles. The predicted molar refractivity (Wildman–Crippen MR) is 158 cm³/mol. The lowest BCUT2D eigenvalue weighted by molar-refractivity contribution is -0.131. The van der Waals surface area contributed by atoms with Gasteiger partial charge in [-0.1, -0.05) is 48.0 Å². The Kier molecular flexibility index (Phi) is 7.02. The molecular formula is C31H31ClN6O2. The average Bonchev–Trinajstić information content (AvgIpc) is 3.39. The maximum absolute atomic E-state index is 13.5. The van der Waals surface area contributed by atoms with Crippen LogP contribution in [-0.2, 0) is 17.8 Å². The first-order valence-corrected chi connectivity index (χ1v) is 14.0. The standard InChI is InChI=1S/C31H31ClN6O2/c1-21-6-5-7-25(18-21)36-17-16-35(19-22(36)2)29(39)15-14-28-33-34-31-37(20-23-10-12-24(32)13-11-23)30(40)26-8-3-4-9-27(26)38(28)31/h3-13,18,22H,14-17,19-20H2,1-2H3. The van der Waals surface area contributed by atoms with Crippen molar-refractivity contribution in [3.8, 4) is 0 Å². The highest BCUT2D eigenvalue weighted by Gasteiger charge is 2.27. The lowest BCUT2D eigenvalue weighted by Crippen LogP contribution is -2.53. The summed E-state index contributed by atoms with van der Waals surface area (Å²) in [6.07, 6.45) is 0.748. The van der Waals surface area contributed by atoms with E-state index in [2.05, 4.69) is 53.2 Å². The largest absolute Gasteiger partial charge is 0.365 e. The third-order valence-electron chi connectivity index (χ3n) is 7.70. The molecule has 9 heteroatoms. The van der Waals surface area contributed by atoms with Gasteiger partial charge in [0.05, 0.1) is 17.4 Å². The van der Waals surface area contributed by atoms with Crippen LogP contribution in [0.4, 0.5) is 5.69 Å². The molecule has 0 aliphatic carbocycles. The van der Waals surface area contributed by atoms with Crippen LogP contribution in [0.2, 0.25) is 5.02 Å². The van der Waals surface area contributed by atoms with Crippen molar-refractivity contribution in [2.24, 2.45) is 0 Å². The maximum Gasteiger partial charge on any atom is 0.263 e. The van der Waals surface area contributed by atoms with E-state index in [0.717, 1.165) is 17.6 Å². The van der Waals surface area contributed by atoms with E-state index < -0.39 is 0 Å². The third kappa shape index (κ3) is 4.95. The van der Waals surface area contributed by atoms with Gasteiger partial charge in [-0.05, 0) is 61.4 Å². The molecular weight excluding hydrogens is 524 g/mol. The van der Waals surface area contributed by atoms with Gasteiger partial charge >= 0.3 is 0 Å². The zero-order valence-corrected chi connectivity index (χ0v) is 23.4. The number of aryl methyl sites for hydroxylation is 2. The number of benzene rings is 3. The van der Waals surface area contributed by atoms with E-state index in [9.17, 15) is 9.59 Å². The van der Waals surface area contributed by atoms with Crippen molar-refractivity contribution in [1.82, 2.24) is 24.1 Å². The number of para-hydroxylation sites is 1. The summed E-state index contributed by atoms with van der Waals surface area (Å²) < 4.78 is 3.55. The minimum absolute atomic E-state index is 0.103. The fourth-order valence-corrected chi connectivity index (χ4v) is 5.77. The van der Waals surface area contributed by atoms with E-state index in [0.29, 0.717) is 54.5 Å². The number of anilines is 1. The van der Waals surface area contributed by atoms with Crippen molar-refractivity contribution in [2.75, 3.05) is 24.5 Å². The Labute approximate surface area is 237 Å². The molecule has 1 atom stereocenters. The van der Waals surface area contributed by atoms with Crippen molar-refractivity contribution in [3.05, 3.63) is 105 Å². The molecule has 1 aliphatic heterocycles. The Hall–Kier alpha value is -4.17. The lowest BCUT2D eigenvalue weighted by atomic mass is 10.1. The Morgan fingerprint density at radius 3 is 2.58 bits per heavy atom. The number of fused-ring (bicyclic) bond motifs is 3. The molecule has 1 fully saturated rings. The van der Waals surface area contributed by atoms with Crippen molar-refractivity contribution in [1.29, 1.82) is 0 Å². The molecule has 3 aromatic carbocycles. The second-order valence-electron chi connectivity index (χ2n) is 10.5. The van der Waals surface area contributed by atoms with E-state index in [4.69, 9.17) is 11.6 Å². The van der Waals surface area contributed by atoms with Crippen molar-refractivity contribution in [3.63, 3.8) is 0 Å². The van der Waals surface area contributed by atoms with Gasteiger partial charge in [-0.3, -0.25) is 18.6 Å². The van der Waals surface area contributed by atoms with Gasteiger partial charge in [0.25, 0.3) is 5.56 Å². The van der Waals surface area contributed by atoms with Gasteiger partial charge in [0.1, 0.15) is 5.82 Å². The summed E-state index contributed by atoms with van der Waals surface area (Å²) in [4.78, 5) is 31.1. The highest BCUT2D eigenvalue weighted by Crippen LogP contribution is 2.23. The molecule has 1 unspecified atom stereocenters. The predicted octanol–water partition coefficient (Wildman–Crippen LogP) is 4.72. The summed E-state index contributed by atoms with van der Waals surface area (Å²) in [6, 6.07) is 23.6. The fraction of sp³-hybridized carbons (Fsp3) is 0.290. The number of rotatable bonds is 6. The van der Waals surface area contributed by atoms with E-state index in [-0.39, 0.29) is 17.5 Å². The molecule has 0 spiro atoms. The summed E-state index contributed by atoms with van der Waals surface area (Å²) in [5, 5.41) is 10.1. The molecule has 0 radical (unpaired) electrons. The minimum atomic E-state index is -0.131. The number of halogens is 1. The average molecular weight is 555 g/mol. The summed E-state index contributed by atoms with van der Waals surface area (Å²) in [5.41, 5.74) is 3.97. The van der Waals surface area contributed by atoms with Crippen LogP contribution in [0.3, 0.4) is 0 Å². The normalized spacial score (nSPS) is 15.7. The molecule has 8 nitrogen and oxygen atoms in total. The Morgan fingerprint density at radius 1 is 1.00 bits per heavy atom. The number of carbonyl (C=O) groups excluding carboxylic acids is 1. The Bertz CT molecular complexity index is 1760. The quantitative estimate of drug-likeness (QED) is 0.303. The van der Waals surface area contributed by atoms with E-state index in [1.165, 1.54) is 11.3 Å². The highest BCUT2D eigenvalue weighted by molar-refractivity contribution is 6.30. The van der Waals surface area contributed by atoms with Crippen LogP contribution in [0, 0.1) is 6.92 Å². The zero-order valence-electron chi connectivity index (χ0n) is 22.6. The molecule has 0 bridgehead atoms. The fourth-order valence-electron chi connectivity index (χ4n) is 5.64. The van der Waals surface area contributed by atoms with Crippen LogP contribution in [0.25, 0.3) is 16.7 Å². The molecule has 0 saturated carbocycles. The monoisotopic (exact) mass is 554 g/mol. The molecule has 3 heterocycles. The number of nitrogens with zero attached hydrogens (tertiary/aromatic N) is 6. The van der Waals surface area contributed by atoms with Crippen molar-refractivity contribution in [2.45, 2.75) is 39.3 Å². The van der Waals surface area contributed by atoms with Gasteiger partial charge in [-0.15, -0.1) is 10.2 Å². The third-order valence-corrected chi connectivity index (χ3v) is 7.96. The first-order chi connectivity index (χ1) is 19.4. The number of hydrogen-bond acceptors (Lipinski definition) is 5. The second-order valence-corrected chi connectivity index (χ2v) is 10.9. The molecule has 6 rings (SSSR count). The van der Waals surface area contributed by atoms with Gasteiger partial charge < -0.3 is 9.80 Å². The first-order valence-electron chi connectivity index (χ1n) is 13.6. The summed E-state index contributed by atoms with van der Waals surface area (Å²) in [6.45, 7) is 6.76.